The van der Waals surface area contributed by atoms with Crippen LogP contribution in [-0.2, 0) is 0 Å². The molecule has 0 radical (unpaired) electrons. The Morgan fingerprint density at radius 1 is 1.12 bits per heavy atom. The lowest BCUT2D eigenvalue weighted by atomic mass is 10.1. The minimum atomic E-state index is -0.362. The number of benzene rings is 2. The standard InChI is InChI=1S/C20H12ClFN4/c1-11-2-3-12(10-23)8-17(11)26-20-14-6-7-24-19(21)18(14)15-9-13(22)4-5-16(15)25-20/h2-9H,1H3,(H,25,26). The first-order valence-corrected chi connectivity index (χ1v) is 8.26. The van der Waals surface area contributed by atoms with Crippen molar-refractivity contribution >= 4 is 44.8 Å². The van der Waals surface area contributed by atoms with Crippen LogP contribution in [-0.4, -0.2) is 9.97 Å². The summed E-state index contributed by atoms with van der Waals surface area (Å²) in [5.41, 5.74) is 2.89. The van der Waals surface area contributed by atoms with Crippen molar-refractivity contribution in [3.8, 4) is 6.07 Å². The molecule has 4 aromatic rings. The van der Waals surface area contributed by atoms with Crippen molar-refractivity contribution in [2.24, 2.45) is 0 Å². The van der Waals surface area contributed by atoms with Gasteiger partial charge in [0.15, 0.2) is 0 Å². The van der Waals surface area contributed by atoms with E-state index in [0.29, 0.717) is 27.7 Å². The van der Waals surface area contributed by atoms with Gasteiger partial charge < -0.3 is 5.32 Å². The molecule has 0 amide bonds. The zero-order valence-electron chi connectivity index (χ0n) is 13.7. The number of hydrogen-bond acceptors (Lipinski definition) is 4. The normalized spacial score (nSPS) is 10.8. The summed E-state index contributed by atoms with van der Waals surface area (Å²) in [5, 5.41) is 14.7. The number of aromatic nitrogens is 2. The largest absolute Gasteiger partial charge is 0.339 e. The van der Waals surface area contributed by atoms with E-state index in [1.165, 1.54) is 12.1 Å². The number of hydrogen-bond donors (Lipinski definition) is 1. The molecular formula is C20H12ClFN4. The highest BCUT2D eigenvalue weighted by Gasteiger charge is 2.13. The third kappa shape index (κ3) is 2.71. The number of aryl methyl sites for hydroxylation is 1. The number of pyridine rings is 2. The van der Waals surface area contributed by atoms with Gasteiger partial charge in [0, 0.05) is 28.0 Å². The Hall–Kier alpha value is -3.23. The molecule has 0 atom stereocenters. The summed E-state index contributed by atoms with van der Waals surface area (Å²) in [7, 11) is 0. The molecule has 0 unspecified atom stereocenters. The average molecular weight is 363 g/mol. The zero-order valence-corrected chi connectivity index (χ0v) is 14.5. The predicted octanol–water partition coefficient (Wildman–Crippen LogP) is 5.50. The number of halogens is 2. The molecule has 1 N–H and O–H groups in total. The molecule has 4 rings (SSSR count). The number of nitrogens with one attached hydrogen (secondary N) is 1. The van der Waals surface area contributed by atoms with Crippen molar-refractivity contribution in [3.05, 3.63) is 70.8 Å². The Morgan fingerprint density at radius 2 is 1.96 bits per heavy atom. The Morgan fingerprint density at radius 3 is 2.77 bits per heavy atom. The summed E-state index contributed by atoms with van der Waals surface area (Å²) >= 11 is 6.31. The molecule has 2 heterocycles. The summed E-state index contributed by atoms with van der Waals surface area (Å²) in [6.07, 6.45) is 1.58. The fourth-order valence-corrected chi connectivity index (χ4v) is 3.19. The van der Waals surface area contributed by atoms with Gasteiger partial charge in [-0.3, -0.25) is 0 Å². The summed E-state index contributed by atoms with van der Waals surface area (Å²) in [6, 6.07) is 13.7. The molecule has 0 fully saturated rings. The topological polar surface area (TPSA) is 61.6 Å². The number of nitriles is 1. The first-order valence-electron chi connectivity index (χ1n) is 7.88. The van der Waals surface area contributed by atoms with Crippen LogP contribution in [0, 0.1) is 24.1 Å². The van der Waals surface area contributed by atoms with Crippen LogP contribution in [0.5, 0.6) is 0 Å². The highest BCUT2D eigenvalue weighted by Crippen LogP contribution is 2.35. The van der Waals surface area contributed by atoms with Gasteiger partial charge in [0.25, 0.3) is 0 Å². The van der Waals surface area contributed by atoms with Crippen molar-refractivity contribution in [2.45, 2.75) is 6.92 Å². The first-order chi connectivity index (χ1) is 12.6. The quantitative estimate of drug-likeness (QED) is 0.378. The Labute approximate surface area is 153 Å². The maximum Gasteiger partial charge on any atom is 0.139 e. The van der Waals surface area contributed by atoms with Crippen LogP contribution in [0.3, 0.4) is 0 Å². The van der Waals surface area contributed by atoms with Crippen LogP contribution in [0.4, 0.5) is 15.9 Å². The van der Waals surface area contributed by atoms with E-state index in [-0.39, 0.29) is 11.0 Å². The van der Waals surface area contributed by atoms with Crippen molar-refractivity contribution < 1.29 is 4.39 Å². The van der Waals surface area contributed by atoms with Crippen LogP contribution >= 0.6 is 11.6 Å². The number of fused-ring (bicyclic) bond motifs is 3. The van der Waals surface area contributed by atoms with E-state index >= 15 is 0 Å². The lowest BCUT2D eigenvalue weighted by molar-refractivity contribution is 0.629. The molecular weight excluding hydrogens is 351 g/mol. The summed E-state index contributed by atoms with van der Waals surface area (Å²) < 4.78 is 13.7. The molecule has 2 aromatic heterocycles. The van der Waals surface area contributed by atoms with Crippen molar-refractivity contribution in [2.75, 3.05) is 5.32 Å². The van der Waals surface area contributed by atoms with E-state index in [0.717, 1.165) is 16.6 Å². The van der Waals surface area contributed by atoms with Gasteiger partial charge in [-0.15, -0.1) is 0 Å². The van der Waals surface area contributed by atoms with E-state index in [1.807, 2.05) is 13.0 Å². The van der Waals surface area contributed by atoms with Gasteiger partial charge in [0.1, 0.15) is 16.8 Å². The van der Waals surface area contributed by atoms with E-state index < -0.39 is 0 Å². The maximum absolute atomic E-state index is 13.7. The molecule has 6 heteroatoms. The van der Waals surface area contributed by atoms with E-state index in [1.54, 1.807) is 30.5 Å². The molecule has 0 bridgehead atoms. The number of rotatable bonds is 2. The Balaban J connectivity index is 2.00. The molecule has 4 nitrogen and oxygen atoms in total. The smallest absolute Gasteiger partial charge is 0.139 e. The van der Waals surface area contributed by atoms with Crippen LogP contribution in [0.1, 0.15) is 11.1 Å². The van der Waals surface area contributed by atoms with Gasteiger partial charge in [-0.1, -0.05) is 17.7 Å². The highest BCUT2D eigenvalue weighted by atomic mass is 35.5. The molecule has 0 saturated heterocycles. The first kappa shape index (κ1) is 16.2. The SMILES string of the molecule is Cc1ccc(C#N)cc1Nc1nc2ccc(F)cc2c2c(Cl)nccc12. The second-order valence-electron chi connectivity index (χ2n) is 5.91. The monoisotopic (exact) mass is 362 g/mol. The molecule has 26 heavy (non-hydrogen) atoms. The zero-order chi connectivity index (χ0) is 18.3. The van der Waals surface area contributed by atoms with Crippen LogP contribution < -0.4 is 5.32 Å². The van der Waals surface area contributed by atoms with Crippen molar-refractivity contribution in [3.63, 3.8) is 0 Å². The fraction of sp³-hybridized carbons (Fsp3) is 0.0500. The average Bonchev–Trinajstić information content (AvgIpc) is 2.64. The second-order valence-corrected chi connectivity index (χ2v) is 6.27. The summed E-state index contributed by atoms with van der Waals surface area (Å²) in [5.74, 6) is 0.209. The Bertz CT molecular complexity index is 1210. The van der Waals surface area contributed by atoms with E-state index in [2.05, 4.69) is 21.4 Å². The summed E-state index contributed by atoms with van der Waals surface area (Å²) in [6.45, 7) is 1.94. The third-order valence-corrected chi connectivity index (χ3v) is 4.53. The Kier molecular flexibility index (Phi) is 3.90. The third-order valence-electron chi connectivity index (χ3n) is 4.24. The maximum atomic E-state index is 13.7. The van der Waals surface area contributed by atoms with Crippen LogP contribution in [0.15, 0.2) is 48.7 Å². The molecule has 0 saturated carbocycles. The number of anilines is 2. The minimum absolute atomic E-state index is 0.283. The van der Waals surface area contributed by atoms with Gasteiger partial charge >= 0.3 is 0 Å². The van der Waals surface area contributed by atoms with Gasteiger partial charge in [0.05, 0.1) is 17.1 Å². The molecule has 0 aliphatic rings. The van der Waals surface area contributed by atoms with Crippen molar-refractivity contribution in [1.82, 2.24) is 9.97 Å². The highest BCUT2D eigenvalue weighted by molar-refractivity contribution is 6.37. The molecule has 0 spiro atoms. The minimum Gasteiger partial charge on any atom is -0.339 e. The lowest BCUT2D eigenvalue weighted by Gasteiger charge is -2.14. The van der Waals surface area contributed by atoms with Gasteiger partial charge in [-0.05, 0) is 48.9 Å². The lowest BCUT2D eigenvalue weighted by Crippen LogP contribution is -1.99. The van der Waals surface area contributed by atoms with E-state index in [4.69, 9.17) is 16.9 Å². The van der Waals surface area contributed by atoms with Gasteiger partial charge in [0.2, 0.25) is 0 Å². The van der Waals surface area contributed by atoms with Gasteiger partial charge in [-0.25, -0.2) is 14.4 Å². The fourth-order valence-electron chi connectivity index (χ4n) is 2.93. The number of nitrogens with zero attached hydrogens (tertiary/aromatic N) is 3. The van der Waals surface area contributed by atoms with Crippen molar-refractivity contribution in [1.29, 1.82) is 5.26 Å². The summed E-state index contributed by atoms with van der Waals surface area (Å²) in [4.78, 5) is 8.75. The van der Waals surface area contributed by atoms with Crippen LogP contribution in [0.25, 0.3) is 21.7 Å². The molecule has 0 aliphatic heterocycles. The second kappa shape index (κ2) is 6.25. The molecule has 0 aliphatic carbocycles. The van der Waals surface area contributed by atoms with E-state index in [9.17, 15) is 4.39 Å². The van der Waals surface area contributed by atoms with Crippen LogP contribution in [0.2, 0.25) is 5.15 Å². The molecule has 2 aromatic carbocycles. The molecule has 126 valence electrons. The predicted molar refractivity (Wildman–Crippen MR) is 101 cm³/mol. The van der Waals surface area contributed by atoms with Gasteiger partial charge in [-0.2, -0.15) is 5.26 Å².